The fraction of sp³-hybridized carbons (Fsp3) is 0.727. The van der Waals surface area contributed by atoms with Gasteiger partial charge in [-0.3, -0.25) is 0 Å². The molecule has 2 aromatic heterocycles. The van der Waals surface area contributed by atoms with E-state index in [1.165, 1.54) is 0 Å². The van der Waals surface area contributed by atoms with Crippen LogP contribution >= 0.6 is 22.6 Å². The molecule has 2 saturated heterocycles. The number of fused-ring (bicyclic) bond motifs is 1. The van der Waals surface area contributed by atoms with Crippen LogP contribution in [0.2, 0.25) is 0 Å². The van der Waals surface area contributed by atoms with Crippen LogP contribution < -0.4 is 10.2 Å². The zero-order valence-electron chi connectivity index (χ0n) is 19.8. The second-order valence-corrected chi connectivity index (χ2v) is 10.7. The SMILES string of the molecule is COC1(CNC(=O)OC(C)(C)C)CCN(c2cnc3c(I)nn(C4CCCCO4)c3n2)CC1. The van der Waals surface area contributed by atoms with E-state index in [0.717, 1.165) is 72.5 Å². The minimum absolute atomic E-state index is 0.0873. The van der Waals surface area contributed by atoms with Gasteiger partial charge in [0.2, 0.25) is 0 Å². The third-order valence-corrected chi connectivity index (χ3v) is 6.89. The number of carbonyl (C=O) groups excluding carboxylic acids is 1. The van der Waals surface area contributed by atoms with E-state index < -0.39 is 17.3 Å². The van der Waals surface area contributed by atoms with Gasteiger partial charge in [0.1, 0.15) is 16.9 Å². The third-order valence-electron chi connectivity index (χ3n) is 6.16. The molecule has 0 aliphatic carbocycles. The van der Waals surface area contributed by atoms with Crippen LogP contribution in [0.4, 0.5) is 10.6 Å². The standard InChI is InChI=1S/C22H33IN6O4/c1-21(2,3)33-20(30)25-14-22(31-4)8-10-28(11-9-22)15-13-24-17-18(23)27-29(19(17)26-15)16-7-5-6-12-32-16/h13,16H,5-12,14H2,1-4H3,(H,25,30). The molecule has 0 radical (unpaired) electrons. The molecule has 2 fully saturated rings. The molecule has 1 N–H and O–H groups in total. The topological polar surface area (TPSA) is 104 Å². The van der Waals surface area contributed by atoms with Gasteiger partial charge in [-0.25, -0.2) is 19.4 Å². The van der Waals surface area contributed by atoms with Crippen molar-refractivity contribution in [1.29, 1.82) is 0 Å². The summed E-state index contributed by atoms with van der Waals surface area (Å²) >= 11 is 2.21. The van der Waals surface area contributed by atoms with Gasteiger partial charge in [-0.15, -0.1) is 0 Å². The number of piperidine rings is 1. The summed E-state index contributed by atoms with van der Waals surface area (Å²) in [4.78, 5) is 23.9. The number of hydrogen-bond acceptors (Lipinski definition) is 8. The van der Waals surface area contributed by atoms with Crippen LogP contribution in [0.3, 0.4) is 0 Å². The fourth-order valence-electron chi connectivity index (χ4n) is 4.28. The molecule has 0 bridgehead atoms. The quantitative estimate of drug-likeness (QED) is 0.542. The molecule has 1 amide bonds. The Hall–Kier alpha value is -1.73. The number of amides is 1. The molecule has 0 aromatic carbocycles. The van der Waals surface area contributed by atoms with Crippen molar-refractivity contribution in [2.24, 2.45) is 0 Å². The Morgan fingerprint density at radius 3 is 2.73 bits per heavy atom. The van der Waals surface area contributed by atoms with Crippen molar-refractivity contribution in [3.8, 4) is 0 Å². The Morgan fingerprint density at radius 1 is 1.33 bits per heavy atom. The molecular weight excluding hydrogens is 539 g/mol. The van der Waals surface area contributed by atoms with Crippen molar-refractivity contribution in [1.82, 2.24) is 25.1 Å². The average molecular weight is 572 g/mol. The number of methoxy groups -OCH3 is 1. The van der Waals surface area contributed by atoms with E-state index in [1.807, 2.05) is 31.6 Å². The maximum absolute atomic E-state index is 12.1. The highest BCUT2D eigenvalue weighted by atomic mass is 127. The first-order valence-corrected chi connectivity index (χ1v) is 12.6. The van der Waals surface area contributed by atoms with E-state index in [0.29, 0.717) is 6.54 Å². The lowest BCUT2D eigenvalue weighted by molar-refractivity contribution is -0.0372. The Balaban J connectivity index is 1.44. The first-order valence-electron chi connectivity index (χ1n) is 11.5. The van der Waals surface area contributed by atoms with Crippen molar-refractivity contribution in [3.63, 3.8) is 0 Å². The van der Waals surface area contributed by atoms with E-state index in [2.05, 4.69) is 42.9 Å². The second-order valence-electron chi connectivity index (χ2n) is 9.69. The number of anilines is 1. The van der Waals surface area contributed by atoms with E-state index in [1.54, 1.807) is 7.11 Å². The van der Waals surface area contributed by atoms with Crippen molar-refractivity contribution in [3.05, 3.63) is 9.90 Å². The fourth-order valence-corrected chi connectivity index (χ4v) is 4.89. The smallest absolute Gasteiger partial charge is 0.407 e. The molecule has 1 unspecified atom stereocenters. The number of carbonyl (C=O) groups is 1. The number of alkyl carbamates (subject to hydrolysis) is 1. The van der Waals surface area contributed by atoms with Gasteiger partial charge in [-0.05, 0) is 75.5 Å². The van der Waals surface area contributed by atoms with E-state index in [-0.39, 0.29) is 6.23 Å². The van der Waals surface area contributed by atoms with Crippen molar-refractivity contribution >= 4 is 45.7 Å². The summed E-state index contributed by atoms with van der Waals surface area (Å²) in [5, 5.41) is 7.53. The monoisotopic (exact) mass is 572 g/mol. The lowest BCUT2D eigenvalue weighted by Gasteiger charge is -2.41. The first-order chi connectivity index (χ1) is 15.7. The lowest BCUT2D eigenvalue weighted by atomic mass is 9.91. The average Bonchev–Trinajstić information content (AvgIpc) is 3.13. The minimum Gasteiger partial charge on any atom is -0.444 e. The molecule has 10 nitrogen and oxygen atoms in total. The van der Waals surface area contributed by atoms with Crippen molar-refractivity contribution < 1.29 is 19.0 Å². The summed E-state index contributed by atoms with van der Waals surface area (Å²) < 4.78 is 19.9. The summed E-state index contributed by atoms with van der Waals surface area (Å²) in [6, 6.07) is 0. The third kappa shape index (κ3) is 5.68. The Morgan fingerprint density at radius 2 is 2.09 bits per heavy atom. The molecule has 182 valence electrons. The van der Waals surface area contributed by atoms with Crippen LogP contribution in [0.25, 0.3) is 11.2 Å². The van der Waals surface area contributed by atoms with E-state index in [9.17, 15) is 4.79 Å². The number of rotatable bonds is 5. The number of hydrogen-bond donors (Lipinski definition) is 1. The van der Waals surface area contributed by atoms with Crippen LogP contribution in [0, 0.1) is 3.70 Å². The molecule has 11 heteroatoms. The van der Waals surface area contributed by atoms with Gasteiger partial charge in [0.25, 0.3) is 0 Å². The highest BCUT2D eigenvalue weighted by Gasteiger charge is 2.36. The molecule has 33 heavy (non-hydrogen) atoms. The largest absolute Gasteiger partial charge is 0.444 e. The van der Waals surface area contributed by atoms with E-state index >= 15 is 0 Å². The predicted octanol–water partition coefficient (Wildman–Crippen LogP) is 3.64. The van der Waals surface area contributed by atoms with Gasteiger partial charge >= 0.3 is 6.09 Å². The molecule has 0 spiro atoms. The molecule has 2 aliphatic heterocycles. The first kappa shape index (κ1) is 24.4. The van der Waals surface area contributed by atoms with Crippen LogP contribution in [0.15, 0.2) is 6.20 Å². The van der Waals surface area contributed by atoms with Gasteiger partial charge in [-0.1, -0.05) is 0 Å². The number of aromatic nitrogens is 4. The second kappa shape index (κ2) is 9.87. The number of ether oxygens (including phenoxy) is 3. The summed E-state index contributed by atoms with van der Waals surface area (Å²) in [6.45, 7) is 8.19. The van der Waals surface area contributed by atoms with Gasteiger partial charge in [0.05, 0.1) is 18.3 Å². The van der Waals surface area contributed by atoms with E-state index in [4.69, 9.17) is 19.2 Å². The Bertz CT molecular complexity index is 977. The molecule has 2 aliphatic rings. The van der Waals surface area contributed by atoms with Crippen molar-refractivity contribution in [2.75, 3.05) is 38.3 Å². The minimum atomic E-state index is -0.530. The summed E-state index contributed by atoms with van der Waals surface area (Å²) in [6.07, 6.45) is 5.95. The molecule has 1 atom stereocenters. The summed E-state index contributed by atoms with van der Waals surface area (Å²) in [5.41, 5.74) is 0.605. The van der Waals surface area contributed by atoms with Gasteiger partial charge in [-0.2, -0.15) is 5.10 Å². The molecule has 0 saturated carbocycles. The van der Waals surface area contributed by atoms with Gasteiger partial charge in [0.15, 0.2) is 15.6 Å². The lowest BCUT2D eigenvalue weighted by Crippen LogP contribution is -2.52. The van der Waals surface area contributed by atoms with Crippen LogP contribution in [0.1, 0.15) is 59.1 Å². The number of nitrogens with one attached hydrogen (secondary N) is 1. The summed E-state index contributed by atoms with van der Waals surface area (Å²) in [5.74, 6) is 0.820. The maximum Gasteiger partial charge on any atom is 0.407 e. The zero-order valence-corrected chi connectivity index (χ0v) is 21.9. The van der Waals surface area contributed by atoms with Crippen LogP contribution in [-0.4, -0.2) is 70.4 Å². The van der Waals surface area contributed by atoms with Gasteiger partial charge in [0, 0.05) is 26.8 Å². The maximum atomic E-state index is 12.1. The number of nitrogens with zero attached hydrogens (tertiary/aromatic N) is 5. The Kier molecular flexibility index (Phi) is 7.29. The predicted molar refractivity (Wildman–Crippen MR) is 132 cm³/mol. The van der Waals surface area contributed by atoms with Gasteiger partial charge < -0.3 is 24.4 Å². The normalized spacial score (nSPS) is 21.2. The molecule has 4 heterocycles. The van der Waals surface area contributed by atoms with Crippen LogP contribution in [-0.2, 0) is 14.2 Å². The highest BCUT2D eigenvalue weighted by Crippen LogP contribution is 2.31. The Labute approximate surface area is 207 Å². The molecule has 2 aromatic rings. The molecule has 4 rings (SSSR count). The molecular formula is C22H33IN6O4. The highest BCUT2D eigenvalue weighted by molar-refractivity contribution is 14.1. The van der Waals surface area contributed by atoms with Crippen molar-refractivity contribution in [2.45, 2.75) is 70.3 Å². The summed E-state index contributed by atoms with van der Waals surface area (Å²) in [7, 11) is 1.70. The zero-order chi connectivity index (χ0) is 23.6. The van der Waals surface area contributed by atoms with Crippen LogP contribution in [0.5, 0.6) is 0 Å². The number of halogens is 1.